The average molecular weight is 487 g/mol. The van der Waals surface area contributed by atoms with E-state index in [1.54, 1.807) is 24.1 Å². The van der Waals surface area contributed by atoms with Crippen molar-refractivity contribution < 1.29 is 28.9 Å². The standard InChI is InChI=1S/C27H38N2O6/c1-27(2,3)35-26(32)29-13-8-12-20(18-29)28-25(31)22-17-24(34-15-9-14-33-4)23(30)16-21(22)19-10-6-5-7-11-19/h5-6,10,16-17,20,30H,7-9,11-15,18H2,1-4H3,(H,28,31)/t20-/m1/s1. The molecule has 0 aromatic heterocycles. The maximum absolute atomic E-state index is 13.5. The van der Waals surface area contributed by atoms with E-state index in [1.807, 2.05) is 32.9 Å². The molecule has 2 N–H and O–H groups in total. The van der Waals surface area contributed by atoms with Crippen LogP contribution in [0.5, 0.6) is 11.5 Å². The molecule has 1 aromatic carbocycles. The molecule has 35 heavy (non-hydrogen) atoms. The lowest BCUT2D eigenvalue weighted by atomic mass is 9.92. The number of hydrogen-bond acceptors (Lipinski definition) is 6. The second-order valence-electron chi connectivity index (χ2n) is 9.96. The summed E-state index contributed by atoms with van der Waals surface area (Å²) < 4.78 is 16.3. The van der Waals surface area contributed by atoms with Gasteiger partial charge < -0.3 is 29.5 Å². The van der Waals surface area contributed by atoms with Gasteiger partial charge >= 0.3 is 6.09 Å². The normalized spacial score (nSPS) is 18.1. The van der Waals surface area contributed by atoms with E-state index in [2.05, 4.69) is 11.4 Å². The summed E-state index contributed by atoms with van der Waals surface area (Å²) in [6.45, 7) is 7.41. The Morgan fingerprint density at radius 1 is 1.23 bits per heavy atom. The maximum Gasteiger partial charge on any atom is 0.410 e. The summed E-state index contributed by atoms with van der Waals surface area (Å²) in [6, 6.07) is 3.02. The van der Waals surface area contributed by atoms with Crippen LogP contribution in [0, 0.1) is 0 Å². The smallest absolute Gasteiger partial charge is 0.410 e. The molecular formula is C27H38N2O6. The number of phenols is 1. The van der Waals surface area contributed by atoms with Gasteiger partial charge in [-0.25, -0.2) is 4.79 Å². The van der Waals surface area contributed by atoms with Crippen LogP contribution in [0.1, 0.15) is 68.8 Å². The summed E-state index contributed by atoms with van der Waals surface area (Å²) in [5.74, 6) is 0.00685. The number of piperidine rings is 1. The average Bonchev–Trinajstić information content (AvgIpc) is 2.82. The Hall–Kier alpha value is -3.00. The number of phenolic OH excluding ortho intramolecular Hbond substituents is 1. The largest absolute Gasteiger partial charge is 0.504 e. The predicted molar refractivity (Wildman–Crippen MR) is 135 cm³/mol. The van der Waals surface area contributed by atoms with Gasteiger partial charge in [0, 0.05) is 39.3 Å². The zero-order valence-corrected chi connectivity index (χ0v) is 21.3. The first-order chi connectivity index (χ1) is 16.7. The van der Waals surface area contributed by atoms with Crippen molar-refractivity contribution in [3.8, 4) is 11.5 Å². The summed E-state index contributed by atoms with van der Waals surface area (Å²) in [7, 11) is 1.62. The molecule has 2 amide bonds. The van der Waals surface area contributed by atoms with Crippen LogP contribution >= 0.6 is 0 Å². The quantitative estimate of drug-likeness (QED) is 0.518. The summed E-state index contributed by atoms with van der Waals surface area (Å²) in [5.41, 5.74) is 1.54. The molecule has 0 radical (unpaired) electrons. The van der Waals surface area contributed by atoms with Crippen molar-refractivity contribution in [3.63, 3.8) is 0 Å². The number of carbonyl (C=O) groups excluding carboxylic acids is 2. The molecule has 8 nitrogen and oxygen atoms in total. The van der Waals surface area contributed by atoms with Gasteiger partial charge in [-0.05, 0) is 69.7 Å². The number of rotatable bonds is 8. The molecule has 0 unspecified atom stereocenters. The Morgan fingerprint density at radius 3 is 2.71 bits per heavy atom. The third kappa shape index (κ3) is 7.75. The van der Waals surface area contributed by atoms with Crippen molar-refractivity contribution in [1.29, 1.82) is 0 Å². The Morgan fingerprint density at radius 2 is 2.03 bits per heavy atom. The van der Waals surface area contributed by atoms with E-state index in [1.165, 1.54) is 0 Å². The highest BCUT2D eigenvalue weighted by Crippen LogP contribution is 2.36. The number of nitrogens with one attached hydrogen (secondary N) is 1. The van der Waals surface area contributed by atoms with Crippen LogP contribution in [0.2, 0.25) is 0 Å². The minimum Gasteiger partial charge on any atom is -0.504 e. The molecule has 0 bridgehead atoms. The zero-order chi connectivity index (χ0) is 25.4. The molecule has 1 fully saturated rings. The fraction of sp³-hybridized carbons (Fsp3) is 0.556. The number of amides is 2. The fourth-order valence-electron chi connectivity index (χ4n) is 4.20. The van der Waals surface area contributed by atoms with Crippen molar-refractivity contribution in [2.75, 3.05) is 33.4 Å². The van der Waals surface area contributed by atoms with Crippen LogP contribution < -0.4 is 10.1 Å². The minimum absolute atomic E-state index is 0.00168. The van der Waals surface area contributed by atoms with Gasteiger partial charge in [0.1, 0.15) is 5.60 Å². The Bertz CT molecular complexity index is 963. The van der Waals surface area contributed by atoms with Crippen molar-refractivity contribution in [1.82, 2.24) is 10.2 Å². The highest BCUT2D eigenvalue weighted by atomic mass is 16.6. The molecule has 192 valence electrons. The van der Waals surface area contributed by atoms with Crippen molar-refractivity contribution in [2.45, 2.75) is 64.5 Å². The van der Waals surface area contributed by atoms with Crippen LogP contribution in [-0.4, -0.2) is 67.1 Å². The van der Waals surface area contributed by atoms with Crippen molar-refractivity contribution >= 4 is 17.6 Å². The van der Waals surface area contributed by atoms with Gasteiger partial charge in [-0.3, -0.25) is 4.79 Å². The minimum atomic E-state index is -0.573. The summed E-state index contributed by atoms with van der Waals surface area (Å²) in [6.07, 6.45) is 9.50. The lowest BCUT2D eigenvalue weighted by Gasteiger charge is -2.34. The number of methoxy groups -OCH3 is 1. The van der Waals surface area contributed by atoms with Crippen LogP contribution in [0.25, 0.3) is 5.57 Å². The Kier molecular flexibility index (Phi) is 9.20. The number of likely N-dealkylation sites (tertiary alicyclic amines) is 1. The molecule has 1 atom stereocenters. The molecule has 8 heteroatoms. The first kappa shape index (κ1) is 26.6. The predicted octanol–water partition coefficient (Wildman–Crippen LogP) is 4.67. The van der Waals surface area contributed by atoms with Gasteiger partial charge in [-0.2, -0.15) is 0 Å². The Balaban J connectivity index is 1.78. The molecule has 3 rings (SSSR count). The van der Waals surface area contributed by atoms with Gasteiger partial charge in [0.25, 0.3) is 5.91 Å². The fourth-order valence-corrected chi connectivity index (χ4v) is 4.20. The maximum atomic E-state index is 13.5. The number of hydrogen-bond donors (Lipinski definition) is 2. The Labute approximate surface area is 207 Å². The monoisotopic (exact) mass is 486 g/mol. The lowest BCUT2D eigenvalue weighted by molar-refractivity contribution is 0.0185. The second kappa shape index (κ2) is 12.1. The number of allylic oxidation sites excluding steroid dienone is 4. The molecule has 1 aliphatic heterocycles. The third-order valence-electron chi connectivity index (χ3n) is 5.86. The number of aromatic hydroxyl groups is 1. The molecule has 0 saturated carbocycles. The molecule has 1 aliphatic carbocycles. The second-order valence-corrected chi connectivity index (χ2v) is 9.96. The summed E-state index contributed by atoms with van der Waals surface area (Å²) in [4.78, 5) is 27.7. The van der Waals surface area contributed by atoms with Crippen LogP contribution in [0.4, 0.5) is 4.79 Å². The van der Waals surface area contributed by atoms with E-state index in [0.717, 1.165) is 31.3 Å². The van der Waals surface area contributed by atoms with Crippen molar-refractivity contribution in [2.24, 2.45) is 0 Å². The van der Waals surface area contributed by atoms with E-state index in [0.29, 0.717) is 43.9 Å². The molecule has 2 aliphatic rings. The third-order valence-corrected chi connectivity index (χ3v) is 5.86. The number of ether oxygens (including phenoxy) is 3. The highest BCUT2D eigenvalue weighted by Gasteiger charge is 2.29. The molecule has 0 spiro atoms. The summed E-state index contributed by atoms with van der Waals surface area (Å²) in [5, 5.41) is 13.7. The number of benzene rings is 1. The van der Waals surface area contributed by atoms with Gasteiger partial charge in [-0.1, -0.05) is 18.2 Å². The molecule has 1 aromatic rings. The van der Waals surface area contributed by atoms with E-state index >= 15 is 0 Å². The summed E-state index contributed by atoms with van der Waals surface area (Å²) >= 11 is 0. The molecule has 1 heterocycles. The first-order valence-corrected chi connectivity index (χ1v) is 12.3. The highest BCUT2D eigenvalue weighted by molar-refractivity contribution is 6.00. The van der Waals surface area contributed by atoms with Gasteiger partial charge in [0.2, 0.25) is 0 Å². The van der Waals surface area contributed by atoms with Gasteiger partial charge in [0.05, 0.1) is 12.2 Å². The van der Waals surface area contributed by atoms with Crippen LogP contribution in [-0.2, 0) is 9.47 Å². The van der Waals surface area contributed by atoms with Crippen LogP contribution in [0.3, 0.4) is 0 Å². The number of carbonyl (C=O) groups is 2. The topological polar surface area (TPSA) is 97.3 Å². The number of nitrogens with zero attached hydrogens (tertiary/aromatic N) is 1. The van der Waals surface area contributed by atoms with E-state index in [-0.39, 0.29) is 29.5 Å². The van der Waals surface area contributed by atoms with E-state index < -0.39 is 5.60 Å². The van der Waals surface area contributed by atoms with Crippen molar-refractivity contribution in [3.05, 3.63) is 41.5 Å². The van der Waals surface area contributed by atoms with Gasteiger partial charge in [0.15, 0.2) is 11.5 Å². The zero-order valence-electron chi connectivity index (χ0n) is 21.3. The van der Waals surface area contributed by atoms with Gasteiger partial charge in [-0.15, -0.1) is 0 Å². The van der Waals surface area contributed by atoms with Crippen LogP contribution in [0.15, 0.2) is 30.4 Å². The molecular weight excluding hydrogens is 448 g/mol. The SMILES string of the molecule is COCCCOc1cc(C(=O)N[C@@H]2CCCN(C(=O)OC(C)(C)C)C2)c(C2=CC=CCC2)cc1O. The lowest BCUT2D eigenvalue weighted by Crippen LogP contribution is -2.50. The van der Waals surface area contributed by atoms with E-state index in [9.17, 15) is 14.7 Å². The van der Waals surface area contributed by atoms with E-state index in [4.69, 9.17) is 14.2 Å². The first-order valence-electron chi connectivity index (χ1n) is 12.3. The molecule has 1 saturated heterocycles.